The van der Waals surface area contributed by atoms with E-state index in [1.165, 1.54) is 9.80 Å². The molecule has 0 rings (SSSR count). The van der Waals surface area contributed by atoms with Crippen molar-refractivity contribution in [1.29, 1.82) is 0 Å². The summed E-state index contributed by atoms with van der Waals surface area (Å²) in [5.41, 5.74) is 0. The van der Waals surface area contributed by atoms with Crippen LogP contribution >= 0.6 is 0 Å². The molecule has 0 aliphatic rings. The fourth-order valence-electron chi connectivity index (χ4n) is 1.90. The number of nitrogens with zero attached hydrogens (tertiary/aromatic N) is 2. The first-order valence-electron chi connectivity index (χ1n) is 7.68. The maximum atomic E-state index is 10.6. The van der Waals surface area contributed by atoms with E-state index in [-0.39, 0.29) is 62.6 Å². The number of ether oxygens (including phenoxy) is 2. The molecule has 0 aromatic rings. The molecule has 0 saturated carbocycles. The summed E-state index contributed by atoms with van der Waals surface area (Å²) < 4.78 is 10.4. The van der Waals surface area contributed by atoms with Gasteiger partial charge >= 0.3 is 46.9 Å². The molecule has 0 unspecified atom stereocenters. The van der Waals surface area contributed by atoms with Gasteiger partial charge in [-0.2, -0.15) is 0 Å². The van der Waals surface area contributed by atoms with Crippen LogP contribution in [0.4, 0.5) is 0 Å². The van der Waals surface area contributed by atoms with Gasteiger partial charge in [-0.15, -0.1) is 0 Å². The molecule has 4 N–H and O–H groups in total. The van der Waals surface area contributed by atoms with Gasteiger partial charge in [-0.3, -0.25) is 29.0 Å². The number of carbonyl (C=O) groups is 4. The Morgan fingerprint density at radius 1 is 0.556 bits per heavy atom. The molecular weight excluding hydrogens is 380 g/mol. The van der Waals surface area contributed by atoms with E-state index in [2.05, 4.69) is 0 Å². The first kappa shape index (κ1) is 27.7. The minimum absolute atomic E-state index is 0. The zero-order valence-corrected chi connectivity index (χ0v) is 16.3. The molecule has 0 amide bonds. The molecular formula is C14H24MgN2O10+2. The third-order valence-electron chi connectivity index (χ3n) is 2.91. The van der Waals surface area contributed by atoms with Gasteiger partial charge < -0.3 is 29.9 Å². The number of carboxylic acid groups (broad SMARTS) is 4. The molecule has 0 aromatic heterocycles. The third kappa shape index (κ3) is 19.1. The topological polar surface area (TPSA) is 174 Å². The number of hydrogen-bond acceptors (Lipinski definition) is 8. The van der Waals surface area contributed by atoms with Crippen LogP contribution in [-0.2, 0) is 28.7 Å². The molecule has 0 atom stereocenters. The minimum Gasteiger partial charge on any atom is -0.480 e. The number of rotatable bonds is 17. The zero-order chi connectivity index (χ0) is 19.9. The molecule has 0 aliphatic heterocycles. The van der Waals surface area contributed by atoms with Crippen molar-refractivity contribution in [3.63, 3.8) is 0 Å². The summed E-state index contributed by atoms with van der Waals surface area (Å²) in [5, 5.41) is 34.7. The van der Waals surface area contributed by atoms with E-state index in [0.717, 1.165) is 0 Å². The Morgan fingerprint density at radius 3 is 1.04 bits per heavy atom. The fourth-order valence-corrected chi connectivity index (χ4v) is 1.90. The van der Waals surface area contributed by atoms with E-state index >= 15 is 0 Å². The Kier molecular flexibility index (Phi) is 17.1. The molecule has 0 heterocycles. The SMILES string of the molecule is O=C(O)CN(CCOCCOCCN(CC(=O)O)CC(=O)O)CC(=O)O.[Mg+2]. The van der Waals surface area contributed by atoms with E-state index in [1.807, 2.05) is 0 Å². The van der Waals surface area contributed by atoms with E-state index < -0.39 is 50.1 Å². The molecule has 0 bridgehead atoms. The van der Waals surface area contributed by atoms with Crippen molar-refractivity contribution >= 4 is 46.9 Å². The molecule has 0 aliphatic carbocycles. The van der Waals surface area contributed by atoms with Crippen LogP contribution in [0.1, 0.15) is 0 Å². The van der Waals surface area contributed by atoms with Crippen molar-refractivity contribution in [2.24, 2.45) is 0 Å². The van der Waals surface area contributed by atoms with Crippen molar-refractivity contribution < 1.29 is 49.1 Å². The average Bonchev–Trinajstić information content (AvgIpc) is 2.47. The molecule has 150 valence electrons. The first-order chi connectivity index (χ1) is 12.2. The molecule has 13 heteroatoms. The smallest absolute Gasteiger partial charge is 0.480 e. The molecule has 0 saturated heterocycles. The van der Waals surface area contributed by atoms with Gasteiger partial charge in [0.25, 0.3) is 0 Å². The van der Waals surface area contributed by atoms with Crippen LogP contribution in [0.3, 0.4) is 0 Å². The van der Waals surface area contributed by atoms with E-state index in [0.29, 0.717) is 0 Å². The van der Waals surface area contributed by atoms with Crippen LogP contribution in [0, 0.1) is 0 Å². The van der Waals surface area contributed by atoms with Crippen LogP contribution in [0.2, 0.25) is 0 Å². The van der Waals surface area contributed by atoms with Crippen molar-refractivity contribution in [2.75, 3.05) is 65.7 Å². The van der Waals surface area contributed by atoms with Crippen molar-refractivity contribution in [1.82, 2.24) is 9.80 Å². The normalized spacial score (nSPS) is 10.6. The summed E-state index contributed by atoms with van der Waals surface area (Å²) in [6.45, 7) is -0.790. The second-order valence-corrected chi connectivity index (χ2v) is 5.22. The molecule has 12 nitrogen and oxygen atoms in total. The quantitative estimate of drug-likeness (QED) is 0.149. The van der Waals surface area contributed by atoms with E-state index in [4.69, 9.17) is 29.9 Å². The Balaban J connectivity index is 0. The predicted molar refractivity (Wildman–Crippen MR) is 90.8 cm³/mol. The van der Waals surface area contributed by atoms with Gasteiger partial charge in [0.15, 0.2) is 0 Å². The Bertz CT molecular complexity index is 403. The van der Waals surface area contributed by atoms with Crippen LogP contribution < -0.4 is 0 Å². The second kappa shape index (κ2) is 16.6. The standard InChI is InChI=1S/C14H24N2O10.Mg/c17-11(18)7-15(8-12(19)20)1-3-25-5-6-26-4-2-16(9-13(21)22)10-14(23)24;/h1-10H2,(H,17,18)(H,19,20)(H,21,22)(H,23,24);/q;+2. The largest absolute Gasteiger partial charge is 2.00 e. The molecule has 0 fully saturated rings. The average molecular weight is 405 g/mol. The van der Waals surface area contributed by atoms with Crippen molar-refractivity contribution in [3.05, 3.63) is 0 Å². The second-order valence-electron chi connectivity index (χ2n) is 5.22. The van der Waals surface area contributed by atoms with Gasteiger partial charge in [0.05, 0.1) is 52.6 Å². The van der Waals surface area contributed by atoms with Crippen LogP contribution in [0.15, 0.2) is 0 Å². The molecule has 27 heavy (non-hydrogen) atoms. The number of carboxylic acids is 4. The van der Waals surface area contributed by atoms with Gasteiger partial charge in [-0.25, -0.2) is 0 Å². The van der Waals surface area contributed by atoms with Crippen LogP contribution in [-0.4, -0.2) is 143 Å². The summed E-state index contributed by atoms with van der Waals surface area (Å²) in [6, 6.07) is 0. The number of aliphatic carboxylic acids is 4. The van der Waals surface area contributed by atoms with Gasteiger partial charge in [-0.05, 0) is 0 Å². The van der Waals surface area contributed by atoms with Crippen LogP contribution in [0.25, 0.3) is 0 Å². The molecule has 0 aromatic carbocycles. The maximum absolute atomic E-state index is 10.6. The van der Waals surface area contributed by atoms with E-state index in [9.17, 15) is 19.2 Å². The van der Waals surface area contributed by atoms with Gasteiger partial charge in [0.2, 0.25) is 0 Å². The summed E-state index contributed by atoms with van der Waals surface area (Å²) >= 11 is 0. The van der Waals surface area contributed by atoms with Gasteiger partial charge in [-0.1, -0.05) is 0 Å². The maximum Gasteiger partial charge on any atom is 2.00 e. The Hall–Kier alpha value is -1.51. The molecule has 0 radical (unpaired) electrons. The van der Waals surface area contributed by atoms with Crippen LogP contribution in [0.5, 0.6) is 0 Å². The zero-order valence-electron chi connectivity index (χ0n) is 14.9. The number of hydrogen-bond donors (Lipinski definition) is 4. The predicted octanol–water partition coefficient (Wildman–Crippen LogP) is -2.42. The third-order valence-corrected chi connectivity index (χ3v) is 2.91. The monoisotopic (exact) mass is 404 g/mol. The van der Waals surface area contributed by atoms with Crippen molar-refractivity contribution in [3.8, 4) is 0 Å². The van der Waals surface area contributed by atoms with Gasteiger partial charge in [0, 0.05) is 13.1 Å². The summed E-state index contributed by atoms with van der Waals surface area (Å²) in [7, 11) is 0. The summed E-state index contributed by atoms with van der Waals surface area (Å²) in [6.07, 6.45) is 0. The van der Waals surface area contributed by atoms with Gasteiger partial charge in [0.1, 0.15) is 0 Å². The minimum atomic E-state index is -1.14. The Morgan fingerprint density at radius 2 is 0.815 bits per heavy atom. The Labute approximate surface area is 171 Å². The van der Waals surface area contributed by atoms with E-state index in [1.54, 1.807) is 0 Å². The molecule has 0 spiro atoms. The van der Waals surface area contributed by atoms with Crippen molar-refractivity contribution in [2.45, 2.75) is 0 Å². The first-order valence-corrected chi connectivity index (χ1v) is 7.68. The summed E-state index contributed by atoms with van der Waals surface area (Å²) in [4.78, 5) is 44.9. The summed E-state index contributed by atoms with van der Waals surface area (Å²) in [5.74, 6) is -4.55. The fraction of sp³-hybridized carbons (Fsp3) is 0.714.